The Morgan fingerprint density at radius 3 is 2.32 bits per heavy atom. The van der Waals surface area contributed by atoms with E-state index < -0.39 is 0 Å². The van der Waals surface area contributed by atoms with Crippen LogP contribution in [0.2, 0.25) is 0 Å². The number of nitrogens with zero attached hydrogens (tertiary/aromatic N) is 1. The van der Waals surface area contributed by atoms with Gasteiger partial charge in [0.2, 0.25) is 5.91 Å². The number of aryl methyl sites for hydroxylation is 2. The fourth-order valence-electron chi connectivity index (χ4n) is 2.73. The van der Waals surface area contributed by atoms with Gasteiger partial charge in [-0.3, -0.25) is 14.6 Å². The molecule has 0 spiro atoms. The van der Waals surface area contributed by atoms with Crippen LogP contribution in [0.4, 0.5) is 0 Å². The second-order valence-corrected chi connectivity index (χ2v) is 6.60. The van der Waals surface area contributed by atoms with Gasteiger partial charge in [0.25, 0.3) is 5.91 Å². The van der Waals surface area contributed by atoms with Crippen molar-refractivity contribution in [2.45, 2.75) is 33.7 Å². The van der Waals surface area contributed by atoms with Crippen LogP contribution in [0.15, 0.2) is 42.6 Å². The second-order valence-electron chi connectivity index (χ2n) is 6.60. The molecular formula is C20H25N3O2. The molecule has 1 heterocycles. The summed E-state index contributed by atoms with van der Waals surface area (Å²) in [4.78, 5) is 28.8. The smallest absolute Gasteiger partial charge is 0.251 e. The van der Waals surface area contributed by atoms with Gasteiger partial charge in [-0.25, -0.2) is 0 Å². The quantitative estimate of drug-likeness (QED) is 0.850. The molecule has 0 aliphatic rings. The number of benzene rings is 1. The zero-order valence-corrected chi connectivity index (χ0v) is 15.2. The van der Waals surface area contributed by atoms with Crippen LogP contribution in [0.1, 0.15) is 47.1 Å². The molecule has 1 atom stereocenters. The zero-order chi connectivity index (χ0) is 18.4. The van der Waals surface area contributed by atoms with Crippen molar-refractivity contribution in [3.05, 3.63) is 65.0 Å². The lowest BCUT2D eigenvalue weighted by Crippen LogP contribution is -2.40. The van der Waals surface area contributed by atoms with Gasteiger partial charge in [-0.2, -0.15) is 0 Å². The van der Waals surface area contributed by atoms with Crippen LogP contribution in [0.25, 0.3) is 0 Å². The van der Waals surface area contributed by atoms with Crippen LogP contribution in [-0.4, -0.2) is 23.3 Å². The van der Waals surface area contributed by atoms with E-state index in [0.717, 1.165) is 16.8 Å². The van der Waals surface area contributed by atoms with Crippen molar-refractivity contribution in [3.8, 4) is 0 Å². The first-order chi connectivity index (χ1) is 11.9. The first kappa shape index (κ1) is 18.6. The molecular weight excluding hydrogens is 314 g/mol. The lowest BCUT2D eigenvalue weighted by molar-refractivity contribution is -0.121. The lowest BCUT2D eigenvalue weighted by Gasteiger charge is -2.22. The first-order valence-electron chi connectivity index (χ1n) is 8.43. The van der Waals surface area contributed by atoms with Gasteiger partial charge in [-0.15, -0.1) is 0 Å². The summed E-state index contributed by atoms with van der Waals surface area (Å²) in [5.41, 5.74) is 3.41. The Morgan fingerprint density at radius 1 is 1.08 bits per heavy atom. The van der Waals surface area contributed by atoms with Crippen LogP contribution in [0.5, 0.6) is 0 Å². The minimum absolute atomic E-state index is 0.0676. The second kappa shape index (κ2) is 8.42. The van der Waals surface area contributed by atoms with E-state index in [1.165, 1.54) is 0 Å². The molecule has 2 amide bonds. The van der Waals surface area contributed by atoms with Crippen LogP contribution >= 0.6 is 0 Å². The summed E-state index contributed by atoms with van der Waals surface area (Å²) in [5.74, 6) is -0.295. The van der Waals surface area contributed by atoms with E-state index in [4.69, 9.17) is 0 Å². The summed E-state index contributed by atoms with van der Waals surface area (Å²) in [6.45, 7) is 7.86. The molecule has 25 heavy (non-hydrogen) atoms. The Balaban J connectivity index is 1.96. The van der Waals surface area contributed by atoms with Crippen LogP contribution in [0.3, 0.4) is 0 Å². The van der Waals surface area contributed by atoms with Crippen molar-refractivity contribution >= 4 is 11.8 Å². The van der Waals surface area contributed by atoms with E-state index in [2.05, 4.69) is 15.6 Å². The van der Waals surface area contributed by atoms with Gasteiger partial charge in [0, 0.05) is 11.8 Å². The third-order valence-electron chi connectivity index (χ3n) is 3.88. The van der Waals surface area contributed by atoms with Gasteiger partial charge >= 0.3 is 0 Å². The molecule has 0 aliphatic heterocycles. The van der Waals surface area contributed by atoms with Gasteiger partial charge < -0.3 is 10.6 Å². The van der Waals surface area contributed by atoms with E-state index in [1.807, 2.05) is 64.1 Å². The number of hydrogen-bond acceptors (Lipinski definition) is 3. The summed E-state index contributed by atoms with van der Waals surface area (Å²) in [5, 5.41) is 5.62. The number of amides is 2. The minimum atomic E-state index is -0.249. The normalized spacial score (nSPS) is 11.9. The molecule has 2 N–H and O–H groups in total. The van der Waals surface area contributed by atoms with Crippen LogP contribution in [0, 0.1) is 19.8 Å². The summed E-state index contributed by atoms with van der Waals surface area (Å²) < 4.78 is 0. The molecule has 0 saturated heterocycles. The van der Waals surface area contributed by atoms with Crippen molar-refractivity contribution in [2.24, 2.45) is 5.92 Å². The third-order valence-corrected chi connectivity index (χ3v) is 3.88. The number of carbonyl (C=O) groups excluding carboxylic acids is 2. The molecule has 132 valence electrons. The summed E-state index contributed by atoms with van der Waals surface area (Å²) >= 11 is 0. The summed E-state index contributed by atoms with van der Waals surface area (Å²) in [6, 6.07) is 11.1. The molecule has 2 aromatic rings. The number of hydrogen-bond donors (Lipinski definition) is 2. The Bertz CT molecular complexity index is 722. The maximum atomic E-state index is 12.2. The molecule has 0 radical (unpaired) electrons. The Morgan fingerprint density at radius 2 is 1.76 bits per heavy atom. The molecule has 0 saturated carbocycles. The van der Waals surface area contributed by atoms with Gasteiger partial charge in [0.1, 0.15) is 0 Å². The van der Waals surface area contributed by atoms with E-state index >= 15 is 0 Å². The number of pyridine rings is 1. The Hall–Kier alpha value is -2.69. The summed E-state index contributed by atoms with van der Waals surface area (Å²) in [6.07, 6.45) is 1.71. The van der Waals surface area contributed by atoms with Crippen LogP contribution in [-0.2, 0) is 4.79 Å². The molecule has 0 aliphatic carbocycles. The Labute approximate surface area is 148 Å². The highest BCUT2D eigenvalue weighted by molar-refractivity contribution is 5.96. The highest BCUT2D eigenvalue weighted by Crippen LogP contribution is 2.19. The molecule has 5 nitrogen and oxygen atoms in total. The number of nitrogens with one attached hydrogen (secondary N) is 2. The molecule has 1 aromatic carbocycles. The average Bonchev–Trinajstić information content (AvgIpc) is 2.57. The maximum absolute atomic E-state index is 12.2. The van der Waals surface area contributed by atoms with Crippen molar-refractivity contribution in [1.82, 2.24) is 15.6 Å². The highest BCUT2D eigenvalue weighted by Gasteiger charge is 2.19. The van der Waals surface area contributed by atoms with Crippen molar-refractivity contribution in [3.63, 3.8) is 0 Å². The van der Waals surface area contributed by atoms with Gasteiger partial charge in [0.05, 0.1) is 18.3 Å². The number of carbonyl (C=O) groups is 2. The molecule has 5 heteroatoms. The van der Waals surface area contributed by atoms with Crippen molar-refractivity contribution in [1.29, 1.82) is 0 Å². The predicted molar refractivity (Wildman–Crippen MR) is 98.2 cm³/mol. The average molecular weight is 339 g/mol. The molecule has 0 fully saturated rings. The van der Waals surface area contributed by atoms with E-state index in [9.17, 15) is 9.59 Å². The van der Waals surface area contributed by atoms with Gasteiger partial charge in [-0.1, -0.05) is 37.1 Å². The van der Waals surface area contributed by atoms with E-state index in [0.29, 0.717) is 5.56 Å². The maximum Gasteiger partial charge on any atom is 0.251 e. The number of aromatic nitrogens is 1. The standard InChI is InChI=1S/C20H25N3O2/c1-13(2)19(17-7-5-6-8-21-17)23-18(24)12-22-20(25)16-10-14(3)9-15(4)11-16/h5-11,13,19H,12H2,1-4H3,(H,22,25)(H,23,24). The van der Waals surface area contributed by atoms with Gasteiger partial charge in [-0.05, 0) is 44.0 Å². The van der Waals surface area contributed by atoms with Crippen molar-refractivity contribution < 1.29 is 9.59 Å². The van der Waals surface area contributed by atoms with E-state index in [-0.39, 0.29) is 30.3 Å². The fourth-order valence-corrected chi connectivity index (χ4v) is 2.73. The van der Waals surface area contributed by atoms with Gasteiger partial charge in [0.15, 0.2) is 0 Å². The molecule has 1 unspecified atom stereocenters. The Kier molecular flexibility index (Phi) is 6.28. The molecule has 1 aromatic heterocycles. The van der Waals surface area contributed by atoms with Crippen LogP contribution < -0.4 is 10.6 Å². The summed E-state index contributed by atoms with van der Waals surface area (Å²) in [7, 11) is 0. The predicted octanol–water partition coefficient (Wildman–Crippen LogP) is 2.94. The lowest BCUT2D eigenvalue weighted by atomic mass is 10.0. The highest BCUT2D eigenvalue weighted by atomic mass is 16.2. The first-order valence-corrected chi connectivity index (χ1v) is 8.43. The molecule has 2 rings (SSSR count). The topological polar surface area (TPSA) is 71.1 Å². The zero-order valence-electron chi connectivity index (χ0n) is 15.2. The fraction of sp³-hybridized carbons (Fsp3) is 0.350. The largest absolute Gasteiger partial charge is 0.346 e. The van der Waals surface area contributed by atoms with Crippen molar-refractivity contribution in [2.75, 3.05) is 6.54 Å². The van der Waals surface area contributed by atoms with E-state index in [1.54, 1.807) is 6.20 Å². The molecule has 0 bridgehead atoms. The number of rotatable bonds is 6. The monoisotopic (exact) mass is 339 g/mol. The SMILES string of the molecule is Cc1cc(C)cc(C(=O)NCC(=O)NC(c2ccccn2)C(C)C)c1. The minimum Gasteiger partial charge on any atom is -0.346 e. The third kappa shape index (κ3) is 5.41.